The molecule has 0 aromatic heterocycles. The Morgan fingerprint density at radius 1 is 1.36 bits per heavy atom. The first-order valence-corrected chi connectivity index (χ1v) is 3.62. The molecule has 0 saturated carbocycles. The van der Waals surface area contributed by atoms with Gasteiger partial charge in [-0.25, -0.2) is 8.78 Å². The molecular weight excluding hydrogens is 194 g/mol. The van der Waals surface area contributed by atoms with Crippen LogP contribution in [0.25, 0.3) is 0 Å². The maximum absolute atomic E-state index is 13.0. The molecule has 0 heterocycles. The van der Waals surface area contributed by atoms with Crippen LogP contribution >= 0.6 is 0 Å². The van der Waals surface area contributed by atoms with Crippen molar-refractivity contribution in [3.05, 3.63) is 29.3 Å². The second-order valence-corrected chi connectivity index (χ2v) is 2.45. The van der Waals surface area contributed by atoms with Crippen molar-refractivity contribution in [2.75, 3.05) is 7.11 Å². The number of aldehydes is 1. The smallest absolute Gasteiger partial charge is 0.228 e. The normalized spacial score (nSPS) is 9.64. The first-order chi connectivity index (χ1) is 6.60. The predicted octanol–water partition coefficient (Wildman–Crippen LogP) is 1.35. The van der Waals surface area contributed by atoms with Crippen LogP contribution in [0.1, 0.15) is 10.4 Å². The summed E-state index contributed by atoms with van der Waals surface area (Å²) in [5, 5.41) is 0. The summed E-state index contributed by atoms with van der Waals surface area (Å²) in [6.45, 7) is 0. The van der Waals surface area contributed by atoms with E-state index in [-0.39, 0.29) is 12.0 Å². The van der Waals surface area contributed by atoms with E-state index in [2.05, 4.69) is 4.74 Å². The Morgan fingerprint density at radius 3 is 2.50 bits per heavy atom. The number of ether oxygens (including phenoxy) is 1. The van der Waals surface area contributed by atoms with Gasteiger partial charge in [-0.05, 0) is 6.07 Å². The highest BCUT2D eigenvalue weighted by Crippen LogP contribution is 2.21. The minimum absolute atomic E-state index is 0.0790. The third kappa shape index (κ3) is 1.76. The van der Waals surface area contributed by atoms with E-state index in [0.717, 1.165) is 0 Å². The van der Waals surface area contributed by atoms with Crippen LogP contribution in [0.2, 0.25) is 0 Å². The number of benzene rings is 1. The lowest BCUT2D eigenvalue weighted by atomic mass is 10.1. The average molecular weight is 200 g/mol. The van der Waals surface area contributed by atoms with Gasteiger partial charge in [0.2, 0.25) is 5.78 Å². The van der Waals surface area contributed by atoms with E-state index < -0.39 is 23.0 Å². The summed E-state index contributed by atoms with van der Waals surface area (Å²) < 4.78 is 30.5. The van der Waals surface area contributed by atoms with Gasteiger partial charge in [0, 0.05) is 6.07 Å². The maximum Gasteiger partial charge on any atom is 0.228 e. The van der Waals surface area contributed by atoms with Crippen LogP contribution < -0.4 is 4.74 Å². The monoisotopic (exact) mass is 200 g/mol. The molecule has 5 heteroatoms. The fourth-order valence-corrected chi connectivity index (χ4v) is 0.937. The molecule has 0 unspecified atom stereocenters. The lowest BCUT2D eigenvalue weighted by molar-refractivity contribution is -0.104. The zero-order chi connectivity index (χ0) is 10.7. The number of hydrogen-bond acceptors (Lipinski definition) is 3. The number of carbonyl (C=O) groups excluding carboxylic acids is 2. The lowest BCUT2D eigenvalue weighted by Crippen LogP contribution is -2.05. The van der Waals surface area contributed by atoms with E-state index in [9.17, 15) is 18.4 Å². The van der Waals surface area contributed by atoms with Crippen molar-refractivity contribution < 1.29 is 23.1 Å². The Balaban J connectivity index is 3.28. The first kappa shape index (κ1) is 10.3. The fourth-order valence-electron chi connectivity index (χ4n) is 0.937. The molecule has 0 aliphatic carbocycles. The van der Waals surface area contributed by atoms with Gasteiger partial charge < -0.3 is 4.74 Å². The van der Waals surface area contributed by atoms with Crippen molar-refractivity contribution in [2.24, 2.45) is 0 Å². The molecule has 0 aliphatic heterocycles. The Bertz CT molecular complexity index is 388. The van der Waals surface area contributed by atoms with Crippen LogP contribution in [0.5, 0.6) is 5.75 Å². The third-order valence-electron chi connectivity index (χ3n) is 1.61. The van der Waals surface area contributed by atoms with E-state index in [1.54, 1.807) is 0 Å². The van der Waals surface area contributed by atoms with Gasteiger partial charge >= 0.3 is 0 Å². The topological polar surface area (TPSA) is 43.4 Å². The van der Waals surface area contributed by atoms with E-state index >= 15 is 0 Å². The summed E-state index contributed by atoms with van der Waals surface area (Å²) in [6, 6.07) is 1.34. The molecule has 0 bridgehead atoms. The van der Waals surface area contributed by atoms with Gasteiger partial charge in [0.05, 0.1) is 12.7 Å². The van der Waals surface area contributed by atoms with Gasteiger partial charge in [0.15, 0.2) is 17.9 Å². The quantitative estimate of drug-likeness (QED) is 0.420. The average Bonchev–Trinajstić information content (AvgIpc) is 2.19. The van der Waals surface area contributed by atoms with Gasteiger partial charge in [-0.1, -0.05) is 0 Å². The summed E-state index contributed by atoms with van der Waals surface area (Å²) in [5.41, 5.74) is -0.599. The van der Waals surface area contributed by atoms with Gasteiger partial charge in [-0.3, -0.25) is 9.59 Å². The van der Waals surface area contributed by atoms with Crippen LogP contribution in [0.3, 0.4) is 0 Å². The summed E-state index contributed by atoms with van der Waals surface area (Å²) in [4.78, 5) is 20.8. The molecule has 3 nitrogen and oxygen atoms in total. The number of rotatable bonds is 3. The van der Waals surface area contributed by atoms with Crippen molar-refractivity contribution in [3.63, 3.8) is 0 Å². The Morgan fingerprint density at radius 2 is 2.00 bits per heavy atom. The summed E-state index contributed by atoms with van der Waals surface area (Å²) in [7, 11) is 1.17. The van der Waals surface area contributed by atoms with Crippen LogP contribution in [0.4, 0.5) is 8.78 Å². The molecule has 1 rings (SSSR count). The lowest BCUT2D eigenvalue weighted by Gasteiger charge is -2.03. The molecule has 0 aliphatic rings. The summed E-state index contributed by atoms with van der Waals surface area (Å²) in [6.07, 6.45) is -0.0790. The zero-order valence-electron chi connectivity index (χ0n) is 7.21. The SMILES string of the molecule is COc1cc(F)c(C(=O)C=O)cc1F. The highest BCUT2D eigenvalue weighted by molar-refractivity contribution is 6.33. The molecular formula is C9H6F2O3. The predicted molar refractivity (Wildman–Crippen MR) is 43.3 cm³/mol. The summed E-state index contributed by atoms with van der Waals surface area (Å²) in [5.74, 6) is -3.30. The van der Waals surface area contributed by atoms with E-state index in [1.807, 2.05) is 0 Å². The Labute approximate surface area is 78.3 Å². The number of ketones is 1. The van der Waals surface area contributed by atoms with Crippen LogP contribution in [0.15, 0.2) is 12.1 Å². The van der Waals surface area contributed by atoms with Crippen LogP contribution in [-0.2, 0) is 4.79 Å². The largest absolute Gasteiger partial charge is 0.494 e. The van der Waals surface area contributed by atoms with E-state index in [0.29, 0.717) is 12.1 Å². The summed E-state index contributed by atoms with van der Waals surface area (Å²) >= 11 is 0. The minimum Gasteiger partial charge on any atom is -0.494 e. The van der Waals surface area contributed by atoms with Gasteiger partial charge in [0.1, 0.15) is 5.82 Å². The third-order valence-corrected chi connectivity index (χ3v) is 1.61. The van der Waals surface area contributed by atoms with Crippen molar-refractivity contribution >= 4 is 12.1 Å². The van der Waals surface area contributed by atoms with Gasteiger partial charge in [-0.2, -0.15) is 0 Å². The second kappa shape index (κ2) is 3.95. The first-order valence-electron chi connectivity index (χ1n) is 3.62. The molecule has 0 radical (unpaired) electrons. The van der Waals surface area contributed by atoms with Gasteiger partial charge in [-0.15, -0.1) is 0 Å². The number of carbonyl (C=O) groups is 2. The maximum atomic E-state index is 13.0. The van der Waals surface area contributed by atoms with E-state index in [4.69, 9.17) is 0 Å². The molecule has 14 heavy (non-hydrogen) atoms. The van der Waals surface area contributed by atoms with Crippen molar-refractivity contribution in [1.29, 1.82) is 0 Å². The van der Waals surface area contributed by atoms with Crippen LogP contribution in [-0.4, -0.2) is 19.2 Å². The molecule has 0 amide bonds. The molecule has 1 aromatic carbocycles. The molecule has 0 fully saturated rings. The number of hydrogen-bond donors (Lipinski definition) is 0. The van der Waals surface area contributed by atoms with Gasteiger partial charge in [0.25, 0.3) is 0 Å². The number of halogens is 2. The standard InChI is InChI=1S/C9H6F2O3/c1-14-9-3-6(10)5(2-7(9)11)8(13)4-12/h2-4H,1H3. The van der Waals surface area contributed by atoms with Crippen molar-refractivity contribution in [2.45, 2.75) is 0 Å². The van der Waals surface area contributed by atoms with Crippen molar-refractivity contribution in [1.82, 2.24) is 0 Å². The van der Waals surface area contributed by atoms with Crippen LogP contribution in [0, 0.1) is 11.6 Å². The molecule has 0 atom stereocenters. The number of Topliss-reactive ketones (excluding diaryl/α,β-unsaturated/α-hetero) is 1. The molecule has 0 N–H and O–H groups in total. The zero-order valence-corrected chi connectivity index (χ0v) is 7.21. The van der Waals surface area contributed by atoms with E-state index in [1.165, 1.54) is 7.11 Å². The molecule has 0 saturated heterocycles. The highest BCUT2D eigenvalue weighted by Gasteiger charge is 2.15. The molecule has 1 aromatic rings. The molecule has 74 valence electrons. The Hall–Kier alpha value is -1.78. The highest BCUT2D eigenvalue weighted by atomic mass is 19.1. The molecule has 0 spiro atoms. The fraction of sp³-hybridized carbons (Fsp3) is 0.111. The minimum atomic E-state index is -1.11. The second-order valence-electron chi connectivity index (χ2n) is 2.45. The Kier molecular flexibility index (Phi) is 2.91. The number of methoxy groups -OCH3 is 1. The van der Waals surface area contributed by atoms with Crippen molar-refractivity contribution in [3.8, 4) is 5.75 Å².